The van der Waals surface area contributed by atoms with E-state index in [1.165, 1.54) is 155 Å². The van der Waals surface area contributed by atoms with Gasteiger partial charge in [-0.3, -0.25) is 0 Å². The SMILES string of the molecule is CCC(C)CC1(CC(C)CC)c2cc(I)ccc2-c2ccc(CCCc3ccc(-c4nc(-c5ccc(CCCc6ccc7c(c6)C(CC(C)CC)(CC(C)CC)c6cc(I)ccc6-7)cc5)nc(-c5ccc(CCCc6ccc7c(c6)C(CC(C)CC)(CC(C)CC)c6cc(I)ccc6-7)cc5)n4)cc3)cc21. The molecule has 3 aliphatic carbocycles. The van der Waals surface area contributed by atoms with Crippen molar-refractivity contribution in [2.75, 3.05) is 0 Å². The predicted octanol–water partition coefficient (Wildman–Crippen LogP) is 28.6. The molecular formula is C99H114I3N3. The van der Waals surface area contributed by atoms with Gasteiger partial charge in [-0.05, 0) is 336 Å². The molecule has 0 bridgehead atoms. The number of nitrogens with zero attached hydrogens (tertiary/aromatic N) is 3. The lowest BCUT2D eigenvalue weighted by Crippen LogP contribution is -2.30. The van der Waals surface area contributed by atoms with Crippen molar-refractivity contribution in [1.29, 1.82) is 0 Å². The Hall–Kier alpha value is -5.82. The van der Waals surface area contributed by atoms with Crippen molar-refractivity contribution in [3.8, 4) is 67.5 Å². The van der Waals surface area contributed by atoms with Crippen molar-refractivity contribution in [2.45, 2.75) is 234 Å². The minimum absolute atomic E-state index is 0.0450. The fourth-order valence-electron chi connectivity index (χ4n) is 18.7. The summed E-state index contributed by atoms with van der Waals surface area (Å²) in [5.74, 6) is 5.99. The number of aromatic nitrogens is 3. The largest absolute Gasteiger partial charge is 0.208 e. The molecule has 0 radical (unpaired) electrons. The highest BCUT2D eigenvalue weighted by Gasteiger charge is 2.48. The molecule has 1 heterocycles. The summed E-state index contributed by atoms with van der Waals surface area (Å²) in [5, 5.41) is 0. The third kappa shape index (κ3) is 16.6. The zero-order chi connectivity index (χ0) is 73.7. The smallest absolute Gasteiger partial charge is 0.164 e. The third-order valence-corrected chi connectivity index (χ3v) is 27.6. The average molecular weight is 1730 g/mol. The van der Waals surface area contributed by atoms with E-state index in [2.05, 4.69) is 333 Å². The van der Waals surface area contributed by atoms with Crippen LogP contribution in [0.3, 0.4) is 0 Å². The molecule has 105 heavy (non-hydrogen) atoms. The molecule has 1 aromatic heterocycles. The molecule has 9 aromatic carbocycles. The highest BCUT2D eigenvalue weighted by Crippen LogP contribution is 2.59. The van der Waals surface area contributed by atoms with Crippen molar-refractivity contribution in [1.82, 2.24) is 15.0 Å². The first-order valence-electron chi connectivity index (χ1n) is 40.6. The Morgan fingerprint density at radius 1 is 0.248 bits per heavy atom. The van der Waals surface area contributed by atoms with Crippen LogP contribution in [-0.2, 0) is 54.8 Å². The van der Waals surface area contributed by atoms with Crippen molar-refractivity contribution in [3.05, 3.63) is 259 Å². The minimum atomic E-state index is 0.0450. The maximum absolute atomic E-state index is 5.32. The van der Waals surface area contributed by atoms with E-state index in [1.807, 2.05) is 0 Å². The molecule has 546 valence electrons. The number of rotatable bonds is 33. The van der Waals surface area contributed by atoms with E-state index in [0.29, 0.717) is 53.0 Å². The Balaban J connectivity index is 0.738. The lowest BCUT2D eigenvalue weighted by Gasteiger charge is -2.37. The zero-order valence-corrected chi connectivity index (χ0v) is 71.6. The normalized spacial score (nSPS) is 18.5. The van der Waals surface area contributed by atoms with Crippen molar-refractivity contribution in [3.63, 3.8) is 0 Å². The van der Waals surface area contributed by atoms with E-state index in [-0.39, 0.29) is 16.2 Å². The Kier molecular flexibility index (Phi) is 25.0. The Bertz CT molecular complexity index is 4140. The molecule has 0 saturated carbocycles. The third-order valence-electron chi connectivity index (χ3n) is 25.6. The van der Waals surface area contributed by atoms with Crippen LogP contribution in [-0.4, -0.2) is 15.0 Å². The molecule has 3 nitrogen and oxygen atoms in total. The van der Waals surface area contributed by atoms with Gasteiger partial charge in [0.2, 0.25) is 0 Å². The molecule has 6 heteroatoms. The van der Waals surface area contributed by atoms with Gasteiger partial charge in [0.1, 0.15) is 0 Å². The van der Waals surface area contributed by atoms with Crippen molar-refractivity contribution >= 4 is 67.8 Å². The number of fused-ring (bicyclic) bond motifs is 9. The first kappa shape index (κ1) is 77.3. The van der Waals surface area contributed by atoms with Gasteiger partial charge < -0.3 is 0 Å². The summed E-state index contributed by atoms with van der Waals surface area (Å²) < 4.78 is 4.02. The lowest BCUT2D eigenvalue weighted by atomic mass is 9.66. The number of benzene rings is 9. The standard InChI is InChI=1S/C99H114I3N3/c1-13-64(7)58-97(59-65(8)14-2)88-52-73(34-46-82(88)85-49-43-79(100)55-91(85)97)25-19-22-70-28-37-76(38-29-70)94-103-95(77-39-30-71(31-40-77)23-20-26-74-35-47-83-86-50-44-80(101)56-92(86)98(89(83)53-74,60-66(9)15-3)61-67(10)16-4)105-96(104-94)78-41-32-72(33-42-78)24-21-27-75-36-48-84-87-51-45-81(102)57-93(87)99(90(84)54-75,62-68(11)17-5)63-69(12)18-6/h28-57,64-69H,13-27,58-63H2,1-12H3. The van der Waals surface area contributed by atoms with Gasteiger partial charge in [0.25, 0.3) is 0 Å². The van der Waals surface area contributed by atoms with Crippen LogP contribution in [0.25, 0.3) is 67.5 Å². The molecule has 0 aliphatic heterocycles. The topological polar surface area (TPSA) is 38.7 Å². The van der Waals surface area contributed by atoms with E-state index >= 15 is 0 Å². The summed E-state index contributed by atoms with van der Waals surface area (Å²) in [7, 11) is 0. The van der Waals surface area contributed by atoms with Crippen molar-refractivity contribution < 1.29 is 0 Å². The Labute approximate surface area is 673 Å². The predicted molar refractivity (Wildman–Crippen MR) is 473 cm³/mol. The summed E-state index contributed by atoms with van der Waals surface area (Å²) in [6.45, 7) is 29.0. The summed E-state index contributed by atoms with van der Waals surface area (Å²) in [5.41, 5.74) is 29.7. The molecule has 3 aliphatic rings. The summed E-state index contributed by atoms with van der Waals surface area (Å²) in [4.78, 5) is 16.0. The van der Waals surface area contributed by atoms with Gasteiger partial charge in [-0.25, -0.2) is 15.0 Å². The highest BCUT2D eigenvalue weighted by atomic mass is 127. The van der Waals surface area contributed by atoms with Crippen LogP contribution in [0.4, 0.5) is 0 Å². The number of hydrogen-bond donors (Lipinski definition) is 0. The Morgan fingerprint density at radius 3 is 0.657 bits per heavy atom. The van der Waals surface area contributed by atoms with E-state index in [0.717, 1.165) is 74.5 Å². The van der Waals surface area contributed by atoms with Gasteiger partial charge in [-0.2, -0.15) is 0 Å². The molecule has 6 unspecified atom stereocenters. The minimum Gasteiger partial charge on any atom is -0.208 e. The zero-order valence-electron chi connectivity index (χ0n) is 65.1. The van der Waals surface area contributed by atoms with E-state index in [9.17, 15) is 0 Å². The maximum Gasteiger partial charge on any atom is 0.164 e. The monoisotopic (exact) mass is 1730 g/mol. The molecule has 0 N–H and O–H groups in total. The van der Waals surface area contributed by atoms with Crippen LogP contribution in [0.5, 0.6) is 0 Å². The molecule has 0 amide bonds. The van der Waals surface area contributed by atoms with Gasteiger partial charge in [-0.15, -0.1) is 0 Å². The number of hydrogen-bond acceptors (Lipinski definition) is 3. The van der Waals surface area contributed by atoms with Crippen LogP contribution in [0.2, 0.25) is 0 Å². The summed E-state index contributed by atoms with van der Waals surface area (Å²) in [6, 6.07) is 71.5. The highest BCUT2D eigenvalue weighted by molar-refractivity contribution is 14.1. The fourth-order valence-corrected chi connectivity index (χ4v) is 20.2. The Morgan fingerprint density at radius 2 is 0.438 bits per heavy atom. The van der Waals surface area contributed by atoms with Gasteiger partial charge >= 0.3 is 0 Å². The molecular weight excluding hydrogens is 1610 g/mol. The van der Waals surface area contributed by atoms with Gasteiger partial charge in [0.05, 0.1) is 0 Å². The maximum atomic E-state index is 5.32. The molecule has 13 rings (SSSR count). The number of aryl methyl sites for hydroxylation is 6. The molecule has 0 spiro atoms. The van der Waals surface area contributed by atoms with Crippen LogP contribution < -0.4 is 0 Å². The second-order valence-corrected chi connectivity index (χ2v) is 37.0. The van der Waals surface area contributed by atoms with Gasteiger partial charge in [0.15, 0.2) is 17.5 Å². The first-order valence-corrected chi connectivity index (χ1v) is 43.9. The lowest BCUT2D eigenvalue weighted by molar-refractivity contribution is 0.308. The molecule has 0 fully saturated rings. The van der Waals surface area contributed by atoms with E-state index < -0.39 is 0 Å². The second kappa shape index (κ2) is 34.0. The fraction of sp³-hybridized carbons (Fsp3) is 0.424. The summed E-state index contributed by atoms with van der Waals surface area (Å²) >= 11 is 7.61. The first-order chi connectivity index (χ1) is 50.8. The van der Waals surface area contributed by atoms with E-state index in [4.69, 9.17) is 15.0 Å². The average Bonchev–Trinajstić information content (AvgIpc) is 1.58. The van der Waals surface area contributed by atoms with E-state index in [1.54, 1.807) is 33.4 Å². The van der Waals surface area contributed by atoms with Crippen LogP contribution in [0.1, 0.15) is 246 Å². The quantitative estimate of drug-likeness (QED) is 0.0385. The van der Waals surface area contributed by atoms with Crippen LogP contribution in [0.15, 0.2) is 182 Å². The second-order valence-electron chi connectivity index (χ2n) is 33.2. The number of halogens is 3. The van der Waals surface area contributed by atoms with Crippen LogP contribution in [0, 0.1) is 46.2 Å². The van der Waals surface area contributed by atoms with Gasteiger partial charge in [-0.1, -0.05) is 267 Å². The molecule has 6 atom stereocenters. The van der Waals surface area contributed by atoms with Crippen LogP contribution >= 0.6 is 67.8 Å². The summed E-state index contributed by atoms with van der Waals surface area (Å²) in [6.07, 6.45) is 23.8. The van der Waals surface area contributed by atoms with Gasteiger partial charge in [0, 0.05) is 43.6 Å². The van der Waals surface area contributed by atoms with Crippen molar-refractivity contribution in [2.24, 2.45) is 35.5 Å². The molecule has 10 aromatic rings. The molecule has 0 saturated heterocycles.